The molecule has 0 aromatic carbocycles. The van der Waals surface area contributed by atoms with Crippen molar-refractivity contribution in [3.05, 3.63) is 12.7 Å². The lowest BCUT2D eigenvalue weighted by atomic mass is 10.2. The van der Waals surface area contributed by atoms with Crippen LogP contribution in [0.4, 0.5) is 0 Å². The van der Waals surface area contributed by atoms with E-state index in [-0.39, 0.29) is 12.4 Å². The normalized spacial score (nSPS) is 9.00. The highest BCUT2D eigenvalue weighted by Gasteiger charge is 1.95. The number of rotatable bonds is 5. The predicted molar refractivity (Wildman–Crippen MR) is 36.1 cm³/mol. The van der Waals surface area contributed by atoms with E-state index in [1.807, 2.05) is 0 Å². The van der Waals surface area contributed by atoms with Crippen LogP contribution in [0.3, 0.4) is 0 Å². The second kappa shape index (κ2) is 5.51. The Labute approximate surface area is 55.2 Å². The maximum Gasteiger partial charge on any atom is 0.136 e. The van der Waals surface area contributed by atoms with E-state index in [2.05, 4.69) is 6.58 Å². The molecule has 0 aromatic heterocycles. The van der Waals surface area contributed by atoms with Gasteiger partial charge in [-0.3, -0.25) is 4.79 Å². The van der Waals surface area contributed by atoms with E-state index >= 15 is 0 Å². The molecule has 9 heavy (non-hydrogen) atoms. The summed E-state index contributed by atoms with van der Waals surface area (Å²) in [5.74, 6) is 0.152. The third-order valence-corrected chi connectivity index (χ3v) is 0.986. The molecule has 1 N–H and O–H groups in total. The molecule has 0 unspecified atom stereocenters. The number of allylic oxidation sites excluding steroid dienone is 1. The summed E-state index contributed by atoms with van der Waals surface area (Å²) < 4.78 is 0. The molecule has 0 rings (SSSR count). The number of ketones is 1. The van der Waals surface area contributed by atoms with E-state index < -0.39 is 0 Å². The summed E-state index contributed by atoms with van der Waals surface area (Å²) in [6.45, 7) is 3.53. The Morgan fingerprint density at radius 3 is 2.78 bits per heavy atom. The zero-order valence-electron chi connectivity index (χ0n) is 5.47. The fourth-order valence-electron chi connectivity index (χ4n) is 0.539. The maximum atomic E-state index is 10.6. The van der Waals surface area contributed by atoms with Crippen LogP contribution in [0.25, 0.3) is 0 Å². The van der Waals surface area contributed by atoms with Crippen molar-refractivity contribution in [2.24, 2.45) is 0 Å². The highest BCUT2D eigenvalue weighted by Crippen LogP contribution is 1.93. The van der Waals surface area contributed by atoms with Crippen molar-refractivity contribution in [1.82, 2.24) is 0 Å². The highest BCUT2D eigenvalue weighted by molar-refractivity contribution is 5.79. The maximum absolute atomic E-state index is 10.6. The van der Waals surface area contributed by atoms with E-state index in [9.17, 15) is 4.79 Å². The number of carbonyl (C=O) groups excluding carboxylic acids is 1. The van der Waals surface area contributed by atoms with Gasteiger partial charge in [0.1, 0.15) is 5.78 Å². The Hall–Kier alpha value is -0.630. The summed E-state index contributed by atoms with van der Waals surface area (Å²) in [6.07, 6.45) is 3.06. The molecular formula is C7H12O2. The third-order valence-electron chi connectivity index (χ3n) is 0.986. The number of carbonyl (C=O) groups is 1. The number of hydrogen-bond acceptors (Lipinski definition) is 2. The topological polar surface area (TPSA) is 37.3 Å². The van der Waals surface area contributed by atoms with Crippen LogP contribution in [0.2, 0.25) is 0 Å². The monoisotopic (exact) mass is 128 g/mol. The van der Waals surface area contributed by atoms with E-state index in [0.29, 0.717) is 19.3 Å². The lowest BCUT2D eigenvalue weighted by molar-refractivity contribution is -0.118. The molecule has 0 aliphatic carbocycles. The fraction of sp³-hybridized carbons (Fsp3) is 0.571. The van der Waals surface area contributed by atoms with Gasteiger partial charge < -0.3 is 5.11 Å². The number of aliphatic hydroxyl groups excluding tert-OH is 1. The fourth-order valence-corrected chi connectivity index (χ4v) is 0.539. The second-order valence-corrected chi connectivity index (χ2v) is 1.86. The Morgan fingerprint density at radius 1 is 1.67 bits per heavy atom. The molecule has 2 heteroatoms. The summed E-state index contributed by atoms with van der Waals surface area (Å²) in [6, 6.07) is 0. The summed E-state index contributed by atoms with van der Waals surface area (Å²) in [5.41, 5.74) is 0. The van der Waals surface area contributed by atoms with Gasteiger partial charge in [-0.15, -0.1) is 6.58 Å². The number of aliphatic hydroxyl groups is 1. The lowest BCUT2D eigenvalue weighted by Crippen LogP contribution is -1.96. The minimum absolute atomic E-state index is 0.100. The molecule has 0 aliphatic heterocycles. The quantitative estimate of drug-likeness (QED) is 0.558. The SMILES string of the molecule is C=CCC(=O)CCCO. The first-order valence-electron chi connectivity index (χ1n) is 3.04. The molecule has 0 bridgehead atoms. The van der Waals surface area contributed by atoms with Crippen molar-refractivity contribution in [3.8, 4) is 0 Å². The molecule has 0 spiro atoms. The van der Waals surface area contributed by atoms with Gasteiger partial charge in [-0.25, -0.2) is 0 Å². The summed E-state index contributed by atoms with van der Waals surface area (Å²) in [5, 5.41) is 8.31. The van der Waals surface area contributed by atoms with Gasteiger partial charge in [0.25, 0.3) is 0 Å². The zero-order valence-corrected chi connectivity index (χ0v) is 5.47. The van der Waals surface area contributed by atoms with Crippen molar-refractivity contribution in [1.29, 1.82) is 0 Å². The largest absolute Gasteiger partial charge is 0.396 e. The summed E-state index contributed by atoms with van der Waals surface area (Å²) in [4.78, 5) is 10.6. The predicted octanol–water partition coefficient (Wildman–Crippen LogP) is 0.904. The van der Waals surface area contributed by atoms with Gasteiger partial charge in [-0.1, -0.05) is 6.08 Å². The van der Waals surface area contributed by atoms with Crippen LogP contribution in [0, 0.1) is 0 Å². The van der Waals surface area contributed by atoms with E-state index in [1.54, 1.807) is 6.08 Å². The van der Waals surface area contributed by atoms with E-state index in [0.717, 1.165) is 0 Å². The van der Waals surface area contributed by atoms with Gasteiger partial charge in [0, 0.05) is 19.4 Å². The highest BCUT2D eigenvalue weighted by atomic mass is 16.3. The molecule has 0 saturated carbocycles. The first-order valence-corrected chi connectivity index (χ1v) is 3.04. The zero-order chi connectivity index (χ0) is 7.11. The molecule has 0 radical (unpaired) electrons. The van der Waals surface area contributed by atoms with Gasteiger partial charge in [0.2, 0.25) is 0 Å². The molecule has 2 nitrogen and oxygen atoms in total. The molecule has 0 atom stereocenters. The summed E-state index contributed by atoms with van der Waals surface area (Å²) >= 11 is 0. The van der Waals surface area contributed by atoms with Crippen LogP contribution in [-0.4, -0.2) is 17.5 Å². The van der Waals surface area contributed by atoms with Crippen LogP contribution in [0.5, 0.6) is 0 Å². The first-order chi connectivity index (χ1) is 4.31. The smallest absolute Gasteiger partial charge is 0.136 e. The minimum atomic E-state index is 0.100. The molecule has 0 amide bonds. The molecule has 0 aliphatic rings. The van der Waals surface area contributed by atoms with Gasteiger partial charge in [0.05, 0.1) is 0 Å². The standard InChI is InChI=1S/C7H12O2/c1-2-4-7(9)5-3-6-8/h2,8H,1,3-6H2. The summed E-state index contributed by atoms with van der Waals surface area (Å²) in [7, 11) is 0. The van der Waals surface area contributed by atoms with Crippen molar-refractivity contribution in [3.63, 3.8) is 0 Å². The van der Waals surface area contributed by atoms with Crippen molar-refractivity contribution in [2.75, 3.05) is 6.61 Å². The molecule has 0 fully saturated rings. The van der Waals surface area contributed by atoms with Crippen LogP contribution in [-0.2, 0) is 4.79 Å². The Kier molecular flexibility index (Phi) is 5.12. The van der Waals surface area contributed by atoms with Gasteiger partial charge >= 0.3 is 0 Å². The van der Waals surface area contributed by atoms with Gasteiger partial charge in [-0.2, -0.15) is 0 Å². The van der Waals surface area contributed by atoms with Crippen molar-refractivity contribution < 1.29 is 9.90 Å². The molecule has 52 valence electrons. The molecule has 0 saturated heterocycles. The van der Waals surface area contributed by atoms with Gasteiger partial charge in [0.15, 0.2) is 0 Å². The second-order valence-electron chi connectivity index (χ2n) is 1.86. The Balaban J connectivity index is 3.16. The minimum Gasteiger partial charge on any atom is -0.396 e. The molecule has 0 aromatic rings. The van der Waals surface area contributed by atoms with Crippen molar-refractivity contribution in [2.45, 2.75) is 19.3 Å². The van der Waals surface area contributed by atoms with Crippen LogP contribution in [0.15, 0.2) is 12.7 Å². The number of hydrogen-bond donors (Lipinski definition) is 1. The Morgan fingerprint density at radius 2 is 2.33 bits per heavy atom. The van der Waals surface area contributed by atoms with Gasteiger partial charge in [-0.05, 0) is 6.42 Å². The Bertz CT molecular complexity index is 97.1. The first kappa shape index (κ1) is 8.37. The average Bonchev–Trinajstić information content (AvgIpc) is 1.85. The van der Waals surface area contributed by atoms with Crippen molar-refractivity contribution >= 4 is 5.78 Å². The molecular weight excluding hydrogens is 116 g/mol. The molecule has 0 heterocycles. The van der Waals surface area contributed by atoms with Crippen LogP contribution >= 0.6 is 0 Å². The third kappa shape index (κ3) is 5.24. The van der Waals surface area contributed by atoms with Crippen LogP contribution < -0.4 is 0 Å². The number of Topliss-reactive ketones (excluding diaryl/α,β-unsaturated/α-hetero) is 1. The van der Waals surface area contributed by atoms with Crippen LogP contribution in [0.1, 0.15) is 19.3 Å². The van der Waals surface area contributed by atoms with E-state index in [1.165, 1.54) is 0 Å². The lowest BCUT2D eigenvalue weighted by Gasteiger charge is -1.91. The average molecular weight is 128 g/mol. The van der Waals surface area contributed by atoms with E-state index in [4.69, 9.17) is 5.11 Å².